The van der Waals surface area contributed by atoms with E-state index in [0.717, 1.165) is 12.1 Å². The van der Waals surface area contributed by atoms with Crippen LogP contribution in [0.2, 0.25) is 0 Å². The summed E-state index contributed by atoms with van der Waals surface area (Å²) in [7, 11) is 0. The highest BCUT2D eigenvalue weighted by atomic mass is 127. The van der Waals surface area contributed by atoms with Crippen LogP contribution in [0.25, 0.3) is 0 Å². The predicted molar refractivity (Wildman–Crippen MR) is 54.0 cm³/mol. The Hall–Kier alpha value is -0.790. The molecule has 1 aromatic rings. The van der Waals surface area contributed by atoms with Crippen molar-refractivity contribution in [3.8, 4) is 0 Å². The lowest BCUT2D eigenvalue weighted by Crippen LogP contribution is -2.22. The summed E-state index contributed by atoms with van der Waals surface area (Å²) in [6.07, 6.45) is -4.83. The fourth-order valence-electron chi connectivity index (χ4n) is 0.832. The van der Waals surface area contributed by atoms with Crippen LogP contribution >= 0.6 is 22.6 Å². The van der Waals surface area contributed by atoms with Gasteiger partial charge in [0.25, 0.3) is 5.78 Å². The fraction of sp³-hybridized carbons (Fsp3) is 0.125. The number of carbonyl (C=O) groups excluding carboxylic acids is 1. The molecule has 0 saturated heterocycles. The van der Waals surface area contributed by atoms with Gasteiger partial charge in [-0.3, -0.25) is 4.79 Å². The largest absolute Gasteiger partial charge is 0.454 e. The van der Waals surface area contributed by atoms with Gasteiger partial charge in [-0.2, -0.15) is 13.2 Å². The lowest BCUT2D eigenvalue weighted by atomic mass is 10.1. The maximum atomic E-state index is 12.0. The molecule has 0 aliphatic rings. The molecule has 0 aliphatic heterocycles. The van der Waals surface area contributed by atoms with Gasteiger partial charge < -0.3 is 5.73 Å². The van der Waals surface area contributed by atoms with Crippen LogP contribution in [-0.2, 0) is 0 Å². The molecule has 0 fully saturated rings. The third kappa shape index (κ3) is 2.37. The summed E-state index contributed by atoms with van der Waals surface area (Å²) < 4.78 is 36.4. The first-order valence-electron chi connectivity index (χ1n) is 3.49. The minimum atomic E-state index is -4.83. The van der Waals surface area contributed by atoms with Gasteiger partial charge in [-0.15, -0.1) is 0 Å². The Labute approximate surface area is 91.4 Å². The van der Waals surface area contributed by atoms with Crippen molar-refractivity contribution in [3.05, 3.63) is 27.3 Å². The van der Waals surface area contributed by atoms with E-state index in [9.17, 15) is 18.0 Å². The van der Waals surface area contributed by atoms with E-state index >= 15 is 0 Å². The first kappa shape index (κ1) is 11.3. The van der Waals surface area contributed by atoms with E-state index < -0.39 is 17.5 Å². The average molecular weight is 315 g/mol. The second-order valence-corrected chi connectivity index (χ2v) is 3.73. The molecule has 0 aliphatic carbocycles. The molecule has 0 bridgehead atoms. The van der Waals surface area contributed by atoms with Gasteiger partial charge in [0.2, 0.25) is 0 Å². The van der Waals surface area contributed by atoms with Gasteiger partial charge in [0.1, 0.15) is 0 Å². The van der Waals surface area contributed by atoms with Crippen LogP contribution in [0.5, 0.6) is 0 Å². The van der Waals surface area contributed by atoms with Gasteiger partial charge in [0.15, 0.2) is 0 Å². The molecule has 76 valence electrons. The van der Waals surface area contributed by atoms with E-state index in [2.05, 4.69) is 0 Å². The molecule has 0 aromatic heterocycles. The van der Waals surface area contributed by atoms with E-state index in [4.69, 9.17) is 5.73 Å². The van der Waals surface area contributed by atoms with Crippen molar-refractivity contribution in [1.82, 2.24) is 0 Å². The van der Waals surface area contributed by atoms with Gasteiger partial charge in [-0.05, 0) is 40.8 Å². The third-order valence-electron chi connectivity index (χ3n) is 1.52. The summed E-state index contributed by atoms with van der Waals surface area (Å²) in [5, 5.41) is 0. The Kier molecular flexibility index (Phi) is 3.03. The summed E-state index contributed by atoms with van der Waals surface area (Å²) in [6, 6.07) is 3.46. The number of alkyl halides is 3. The van der Waals surface area contributed by atoms with Crippen LogP contribution in [0.4, 0.5) is 18.9 Å². The van der Waals surface area contributed by atoms with Crippen LogP contribution in [-0.4, -0.2) is 12.0 Å². The number of hydrogen-bond donors (Lipinski definition) is 1. The van der Waals surface area contributed by atoms with Crippen LogP contribution < -0.4 is 5.73 Å². The zero-order chi connectivity index (χ0) is 10.9. The normalized spacial score (nSPS) is 11.4. The molecule has 1 aromatic carbocycles. The van der Waals surface area contributed by atoms with Crippen molar-refractivity contribution < 1.29 is 18.0 Å². The zero-order valence-electron chi connectivity index (χ0n) is 6.73. The summed E-state index contributed by atoms with van der Waals surface area (Å²) in [5.41, 5.74) is 5.36. The van der Waals surface area contributed by atoms with E-state index in [1.54, 1.807) is 22.6 Å². The van der Waals surface area contributed by atoms with Crippen molar-refractivity contribution in [2.24, 2.45) is 0 Å². The maximum absolute atomic E-state index is 12.0. The van der Waals surface area contributed by atoms with Gasteiger partial charge in [-0.25, -0.2) is 0 Å². The molecular formula is C8H5F3INO. The molecule has 0 radical (unpaired) electrons. The Morgan fingerprint density at radius 1 is 1.36 bits per heavy atom. The van der Waals surface area contributed by atoms with Gasteiger partial charge in [0.05, 0.1) is 0 Å². The number of nitrogens with two attached hydrogens (primary N) is 1. The molecule has 2 nitrogen and oxygen atoms in total. The van der Waals surface area contributed by atoms with Crippen molar-refractivity contribution in [3.63, 3.8) is 0 Å². The average Bonchev–Trinajstić information content (AvgIpc) is 2.07. The summed E-state index contributed by atoms with van der Waals surface area (Å²) in [5.74, 6) is -1.85. The van der Waals surface area contributed by atoms with Gasteiger partial charge in [0, 0.05) is 14.8 Å². The predicted octanol–water partition coefficient (Wildman–Crippen LogP) is 2.62. The Bertz CT molecular complexity index is 375. The zero-order valence-corrected chi connectivity index (χ0v) is 8.89. The first-order chi connectivity index (χ1) is 6.32. The van der Waals surface area contributed by atoms with E-state index in [1.165, 1.54) is 6.07 Å². The number of halogens is 4. The minimum Gasteiger partial charge on any atom is -0.398 e. The second kappa shape index (κ2) is 3.76. The molecule has 0 spiro atoms. The highest BCUT2D eigenvalue weighted by Gasteiger charge is 2.39. The molecule has 0 heterocycles. The van der Waals surface area contributed by atoms with Gasteiger partial charge in [-0.1, -0.05) is 0 Å². The Balaban J connectivity index is 3.10. The van der Waals surface area contributed by atoms with Crippen molar-refractivity contribution >= 4 is 34.1 Å². The van der Waals surface area contributed by atoms with Crippen LogP contribution in [0.15, 0.2) is 18.2 Å². The number of rotatable bonds is 1. The SMILES string of the molecule is Nc1ccc(C(=O)C(F)(F)F)cc1I. The van der Waals surface area contributed by atoms with Crippen molar-refractivity contribution in [1.29, 1.82) is 0 Å². The second-order valence-electron chi connectivity index (χ2n) is 2.56. The number of Topliss-reactive ketones (excluding diaryl/α,β-unsaturated/α-hetero) is 1. The minimum absolute atomic E-state index is 0.351. The standard InChI is InChI=1S/C8H5F3INO/c9-8(10,11)7(14)4-1-2-6(13)5(12)3-4/h1-3H,13H2. The number of anilines is 1. The molecule has 14 heavy (non-hydrogen) atoms. The molecule has 1 rings (SSSR count). The van der Waals surface area contributed by atoms with Crippen LogP contribution in [0.1, 0.15) is 10.4 Å². The van der Waals surface area contributed by atoms with Crippen LogP contribution in [0, 0.1) is 3.57 Å². The van der Waals surface area contributed by atoms with Crippen LogP contribution in [0.3, 0.4) is 0 Å². The molecule has 0 saturated carbocycles. The molecular weight excluding hydrogens is 310 g/mol. The smallest absolute Gasteiger partial charge is 0.398 e. The number of hydrogen-bond acceptors (Lipinski definition) is 2. The summed E-state index contributed by atoms with van der Waals surface area (Å²) >= 11 is 1.77. The van der Waals surface area contributed by atoms with E-state index in [-0.39, 0.29) is 0 Å². The molecule has 0 amide bonds. The summed E-state index contributed by atoms with van der Waals surface area (Å²) in [4.78, 5) is 10.8. The number of carbonyl (C=O) groups is 1. The third-order valence-corrected chi connectivity index (χ3v) is 2.45. The number of ketones is 1. The maximum Gasteiger partial charge on any atom is 0.454 e. The number of nitrogen functional groups attached to an aromatic ring is 1. The van der Waals surface area contributed by atoms with E-state index in [1.807, 2.05) is 0 Å². The lowest BCUT2D eigenvalue weighted by Gasteiger charge is -2.06. The van der Waals surface area contributed by atoms with Crippen molar-refractivity contribution in [2.75, 3.05) is 5.73 Å². The molecule has 0 unspecified atom stereocenters. The molecule has 6 heteroatoms. The lowest BCUT2D eigenvalue weighted by molar-refractivity contribution is -0.0885. The Morgan fingerprint density at radius 3 is 2.36 bits per heavy atom. The summed E-state index contributed by atoms with van der Waals surface area (Å²) in [6.45, 7) is 0. The van der Waals surface area contributed by atoms with Crippen molar-refractivity contribution in [2.45, 2.75) is 6.18 Å². The number of benzene rings is 1. The highest BCUT2D eigenvalue weighted by Crippen LogP contribution is 2.24. The van der Waals surface area contributed by atoms with Gasteiger partial charge >= 0.3 is 6.18 Å². The highest BCUT2D eigenvalue weighted by molar-refractivity contribution is 14.1. The topological polar surface area (TPSA) is 43.1 Å². The monoisotopic (exact) mass is 315 g/mol. The molecule has 0 atom stereocenters. The fourth-order valence-corrected chi connectivity index (χ4v) is 1.35. The first-order valence-corrected chi connectivity index (χ1v) is 4.57. The quantitative estimate of drug-likeness (QED) is 0.492. The van der Waals surface area contributed by atoms with E-state index in [0.29, 0.717) is 9.26 Å². The molecule has 2 N–H and O–H groups in total. The Morgan fingerprint density at radius 2 is 1.93 bits per heavy atom.